The Bertz CT molecular complexity index is 481. The molecule has 0 bridgehead atoms. The normalized spacial score (nSPS) is 33.8. The Morgan fingerprint density at radius 3 is 1.83 bits per heavy atom. The maximum Gasteiger partial charge on any atom is 0.264 e. The first-order chi connectivity index (χ1) is 8.03. The van der Waals surface area contributed by atoms with Crippen molar-refractivity contribution in [1.82, 2.24) is 0 Å². The fraction of sp³-hybridized carbons (Fsp3) is 1.00. The van der Waals surface area contributed by atoms with Crippen LogP contribution in [0.25, 0.3) is 0 Å². The van der Waals surface area contributed by atoms with Gasteiger partial charge in [0.15, 0.2) is 0 Å². The fourth-order valence-corrected chi connectivity index (χ4v) is 3.20. The molecule has 1 aliphatic rings. The smallest absolute Gasteiger partial charge is 0.264 e. The summed E-state index contributed by atoms with van der Waals surface area (Å²) >= 11 is 0. The lowest BCUT2D eigenvalue weighted by Gasteiger charge is -2.21. The van der Waals surface area contributed by atoms with Crippen LogP contribution in [0.15, 0.2) is 0 Å². The van der Waals surface area contributed by atoms with Gasteiger partial charge in [0.1, 0.15) is 12.2 Å². The minimum atomic E-state index is -3.72. The van der Waals surface area contributed by atoms with Crippen LogP contribution in [-0.4, -0.2) is 53.8 Å². The number of rotatable bonds is 5. The minimum absolute atomic E-state index is 0.494. The predicted molar refractivity (Wildman–Crippen MR) is 64.1 cm³/mol. The first-order valence-electron chi connectivity index (χ1n) is 5.45. The van der Waals surface area contributed by atoms with Gasteiger partial charge in [0, 0.05) is 0 Å². The summed E-state index contributed by atoms with van der Waals surface area (Å²) in [5.41, 5.74) is 0. The Morgan fingerprint density at radius 1 is 1.00 bits per heavy atom. The van der Waals surface area contributed by atoms with Crippen molar-refractivity contribution >= 4 is 20.2 Å². The topological polar surface area (TPSA) is 96.0 Å². The number of hydrogen-bond donors (Lipinski definition) is 0. The van der Waals surface area contributed by atoms with Crippen LogP contribution in [0.2, 0.25) is 0 Å². The third-order valence-corrected chi connectivity index (χ3v) is 3.66. The third kappa shape index (κ3) is 4.47. The highest BCUT2D eigenvalue weighted by Gasteiger charge is 2.46. The Hall–Kier alpha value is -0.220. The zero-order chi connectivity index (χ0) is 14.1. The van der Waals surface area contributed by atoms with E-state index >= 15 is 0 Å². The molecular weight excluding hydrogens is 284 g/mol. The molecule has 9 heteroatoms. The first-order valence-corrected chi connectivity index (χ1v) is 9.09. The standard InChI is InChI=1S/C9H18O7S2/c1-5-7-9(16-18(4,12)13)8(6(2)14-7)15-17(3,10)11/h6-9H,5H2,1-4H3. The van der Waals surface area contributed by atoms with Crippen molar-refractivity contribution in [2.24, 2.45) is 0 Å². The summed E-state index contributed by atoms with van der Waals surface area (Å²) in [4.78, 5) is 0. The lowest BCUT2D eigenvalue weighted by molar-refractivity contribution is 0.0213. The van der Waals surface area contributed by atoms with E-state index in [0.717, 1.165) is 12.5 Å². The van der Waals surface area contributed by atoms with E-state index in [0.29, 0.717) is 6.42 Å². The van der Waals surface area contributed by atoms with Gasteiger partial charge >= 0.3 is 0 Å². The summed E-state index contributed by atoms with van der Waals surface area (Å²) in [7, 11) is -7.43. The van der Waals surface area contributed by atoms with E-state index in [1.807, 2.05) is 0 Å². The van der Waals surface area contributed by atoms with Crippen molar-refractivity contribution < 1.29 is 29.9 Å². The molecule has 0 aliphatic carbocycles. The van der Waals surface area contributed by atoms with E-state index in [-0.39, 0.29) is 0 Å². The molecule has 0 spiro atoms. The largest absolute Gasteiger partial charge is 0.370 e. The fourth-order valence-electron chi connectivity index (χ4n) is 1.89. The van der Waals surface area contributed by atoms with Gasteiger partial charge in [0.2, 0.25) is 0 Å². The number of hydrogen-bond acceptors (Lipinski definition) is 7. The van der Waals surface area contributed by atoms with Gasteiger partial charge in [0.05, 0.1) is 24.7 Å². The second-order valence-corrected chi connectivity index (χ2v) is 7.52. The Morgan fingerprint density at radius 2 is 1.44 bits per heavy atom. The van der Waals surface area contributed by atoms with Gasteiger partial charge in [-0.1, -0.05) is 6.92 Å². The SMILES string of the molecule is CCC1OC(C)C(OS(C)(=O)=O)C1OS(C)(=O)=O. The molecule has 0 aromatic heterocycles. The van der Waals surface area contributed by atoms with Crippen LogP contribution in [0.3, 0.4) is 0 Å². The summed E-state index contributed by atoms with van der Waals surface area (Å²) in [5, 5.41) is 0. The lowest BCUT2D eigenvalue weighted by Crippen LogP contribution is -2.39. The molecule has 7 nitrogen and oxygen atoms in total. The molecule has 1 rings (SSSR count). The maximum atomic E-state index is 11.2. The average Bonchev–Trinajstić information content (AvgIpc) is 2.41. The summed E-state index contributed by atoms with van der Waals surface area (Å²) in [6.07, 6.45) is -0.683. The molecule has 0 amide bonds. The highest BCUT2D eigenvalue weighted by atomic mass is 32.2. The molecule has 1 saturated heterocycles. The van der Waals surface area contributed by atoms with Gasteiger partial charge in [-0.05, 0) is 13.3 Å². The van der Waals surface area contributed by atoms with E-state index in [2.05, 4.69) is 0 Å². The molecule has 4 atom stereocenters. The quantitative estimate of drug-likeness (QED) is 0.653. The van der Waals surface area contributed by atoms with Crippen LogP contribution in [0.1, 0.15) is 20.3 Å². The lowest BCUT2D eigenvalue weighted by atomic mass is 10.1. The summed E-state index contributed by atoms with van der Waals surface area (Å²) in [6, 6.07) is 0. The zero-order valence-electron chi connectivity index (χ0n) is 10.7. The highest BCUT2D eigenvalue weighted by Crippen LogP contribution is 2.30. The zero-order valence-corrected chi connectivity index (χ0v) is 12.3. The first kappa shape index (κ1) is 15.8. The van der Waals surface area contributed by atoms with Crippen LogP contribution >= 0.6 is 0 Å². The molecule has 0 aromatic rings. The number of ether oxygens (including phenoxy) is 1. The second-order valence-electron chi connectivity index (χ2n) is 4.32. The van der Waals surface area contributed by atoms with Gasteiger partial charge in [0.25, 0.3) is 20.2 Å². The van der Waals surface area contributed by atoms with Crippen LogP contribution < -0.4 is 0 Å². The maximum absolute atomic E-state index is 11.2. The third-order valence-electron chi connectivity index (χ3n) is 2.52. The molecule has 4 unspecified atom stereocenters. The van der Waals surface area contributed by atoms with Gasteiger partial charge in [-0.2, -0.15) is 16.8 Å². The molecular formula is C9H18O7S2. The second kappa shape index (κ2) is 5.41. The average molecular weight is 302 g/mol. The van der Waals surface area contributed by atoms with E-state index < -0.39 is 44.7 Å². The van der Waals surface area contributed by atoms with Crippen molar-refractivity contribution in [1.29, 1.82) is 0 Å². The van der Waals surface area contributed by atoms with Crippen LogP contribution in [0, 0.1) is 0 Å². The van der Waals surface area contributed by atoms with E-state index in [1.54, 1.807) is 13.8 Å². The van der Waals surface area contributed by atoms with E-state index in [9.17, 15) is 16.8 Å². The van der Waals surface area contributed by atoms with Gasteiger partial charge < -0.3 is 4.74 Å². The van der Waals surface area contributed by atoms with Crippen molar-refractivity contribution in [3.63, 3.8) is 0 Å². The van der Waals surface area contributed by atoms with Crippen molar-refractivity contribution in [3.8, 4) is 0 Å². The molecule has 0 radical (unpaired) electrons. The molecule has 0 N–H and O–H groups in total. The minimum Gasteiger partial charge on any atom is -0.370 e. The van der Waals surface area contributed by atoms with Crippen molar-refractivity contribution in [2.45, 2.75) is 44.7 Å². The van der Waals surface area contributed by atoms with Gasteiger partial charge in [-0.3, -0.25) is 8.37 Å². The molecule has 0 saturated carbocycles. The molecule has 1 heterocycles. The Labute approximate surface area is 108 Å². The van der Waals surface area contributed by atoms with Crippen molar-refractivity contribution in [3.05, 3.63) is 0 Å². The van der Waals surface area contributed by atoms with Crippen molar-refractivity contribution in [2.75, 3.05) is 12.5 Å². The summed E-state index contributed by atoms with van der Waals surface area (Å²) < 4.78 is 59.9. The van der Waals surface area contributed by atoms with Crippen LogP contribution in [0.5, 0.6) is 0 Å². The summed E-state index contributed by atoms with van der Waals surface area (Å²) in [6.45, 7) is 3.41. The highest BCUT2D eigenvalue weighted by molar-refractivity contribution is 7.86. The predicted octanol–water partition coefficient (Wildman–Crippen LogP) is -0.127. The molecule has 1 aliphatic heterocycles. The molecule has 18 heavy (non-hydrogen) atoms. The van der Waals surface area contributed by atoms with Crippen LogP contribution in [0.4, 0.5) is 0 Å². The monoisotopic (exact) mass is 302 g/mol. The van der Waals surface area contributed by atoms with Gasteiger partial charge in [-0.15, -0.1) is 0 Å². The summed E-state index contributed by atoms with van der Waals surface area (Å²) in [5.74, 6) is 0. The van der Waals surface area contributed by atoms with Gasteiger partial charge in [-0.25, -0.2) is 0 Å². The molecule has 108 valence electrons. The Balaban J connectivity index is 2.96. The molecule has 1 fully saturated rings. The molecule has 0 aromatic carbocycles. The van der Waals surface area contributed by atoms with Crippen LogP contribution in [-0.2, 0) is 33.3 Å². The Kier molecular flexibility index (Phi) is 4.76. The van der Waals surface area contributed by atoms with E-state index in [1.165, 1.54) is 0 Å². The van der Waals surface area contributed by atoms with E-state index in [4.69, 9.17) is 13.1 Å².